The maximum absolute atomic E-state index is 12.4. The van der Waals surface area contributed by atoms with Gasteiger partial charge in [-0.3, -0.25) is 4.79 Å². The number of ether oxygens (including phenoxy) is 2. The van der Waals surface area contributed by atoms with Gasteiger partial charge in [-0.2, -0.15) is 0 Å². The Morgan fingerprint density at radius 1 is 1.13 bits per heavy atom. The fourth-order valence-corrected chi connectivity index (χ4v) is 2.29. The van der Waals surface area contributed by atoms with Gasteiger partial charge in [0.25, 0.3) is 5.91 Å². The molecule has 23 heavy (non-hydrogen) atoms. The molecule has 128 valence electrons. The normalized spacial score (nSPS) is 15.7. The Hall–Kier alpha value is -2.02. The molecule has 7 nitrogen and oxygen atoms in total. The number of hydrogen-bond acceptors (Lipinski definition) is 5. The maximum Gasteiger partial charge on any atom is 0.410 e. The molecular formula is C16H24N2O5. The Bertz CT molecular complexity index is 553. The first kappa shape index (κ1) is 17.3. The van der Waals surface area contributed by atoms with Crippen molar-refractivity contribution in [3.05, 3.63) is 23.7 Å². The molecule has 2 heterocycles. The second-order valence-electron chi connectivity index (χ2n) is 6.46. The highest BCUT2D eigenvalue weighted by Gasteiger charge is 2.29. The van der Waals surface area contributed by atoms with E-state index in [-0.39, 0.29) is 12.0 Å². The molecule has 1 saturated heterocycles. The van der Waals surface area contributed by atoms with Gasteiger partial charge in [0.2, 0.25) is 0 Å². The van der Waals surface area contributed by atoms with E-state index < -0.39 is 5.60 Å². The van der Waals surface area contributed by atoms with Crippen molar-refractivity contribution < 1.29 is 23.5 Å². The summed E-state index contributed by atoms with van der Waals surface area (Å²) in [5, 5.41) is 0. The molecule has 0 aromatic carbocycles. The molecule has 0 unspecified atom stereocenters. The molecule has 0 spiro atoms. The highest BCUT2D eigenvalue weighted by Crippen LogP contribution is 2.15. The smallest absolute Gasteiger partial charge is 0.410 e. The van der Waals surface area contributed by atoms with Crippen LogP contribution < -0.4 is 0 Å². The van der Waals surface area contributed by atoms with Crippen molar-refractivity contribution in [1.82, 2.24) is 9.80 Å². The van der Waals surface area contributed by atoms with Crippen LogP contribution in [0.2, 0.25) is 0 Å². The molecule has 0 saturated carbocycles. The van der Waals surface area contributed by atoms with E-state index in [1.807, 2.05) is 20.8 Å². The minimum atomic E-state index is -0.518. The number of carbonyl (C=O) groups is 2. The van der Waals surface area contributed by atoms with E-state index in [0.29, 0.717) is 44.3 Å². The van der Waals surface area contributed by atoms with E-state index in [0.717, 1.165) is 0 Å². The molecule has 1 fully saturated rings. The van der Waals surface area contributed by atoms with Crippen LogP contribution in [0.25, 0.3) is 0 Å². The third-order valence-electron chi connectivity index (χ3n) is 3.38. The summed E-state index contributed by atoms with van der Waals surface area (Å²) in [7, 11) is 1.57. The van der Waals surface area contributed by atoms with Crippen molar-refractivity contribution in [3.63, 3.8) is 0 Å². The molecule has 0 atom stereocenters. The summed E-state index contributed by atoms with van der Waals surface area (Å²) >= 11 is 0. The van der Waals surface area contributed by atoms with Crippen LogP contribution in [0.15, 0.2) is 16.5 Å². The summed E-state index contributed by atoms with van der Waals surface area (Å²) < 4.78 is 15.8. The number of hydrogen-bond donors (Lipinski definition) is 0. The van der Waals surface area contributed by atoms with E-state index >= 15 is 0 Å². The minimum absolute atomic E-state index is 0.170. The van der Waals surface area contributed by atoms with Gasteiger partial charge in [-0.05, 0) is 32.9 Å². The fraction of sp³-hybridized carbons (Fsp3) is 0.625. The van der Waals surface area contributed by atoms with Crippen LogP contribution in [-0.4, -0.2) is 60.7 Å². The Labute approximate surface area is 136 Å². The van der Waals surface area contributed by atoms with Crippen molar-refractivity contribution in [2.24, 2.45) is 0 Å². The second kappa shape index (κ2) is 7.04. The van der Waals surface area contributed by atoms with Crippen LogP contribution in [0.1, 0.15) is 37.1 Å². The molecule has 0 bridgehead atoms. The monoisotopic (exact) mass is 324 g/mol. The zero-order valence-electron chi connectivity index (χ0n) is 14.1. The van der Waals surface area contributed by atoms with Crippen LogP contribution in [0, 0.1) is 0 Å². The number of nitrogens with zero attached hydrogens (tertiary/aromatic N) is 2. The van der Waals surface area contributed by atoms with Crippen molar-refractivity contribution >= 4 is 12.0 Å². The van der Waals surface area contributed by atoms with Gasteiger partial charge in [0, 0.05) is 33.3 Å². The van der Waals surface area contributed by atoms with Crippen molar-refractivity contribution in [3.8, 4) is 0 Å². The van der Waals surface area contributed by atoms with Gasteiger partial charge >= 0.3 is 6.09 Å². The maximum atomic E-state index is 12.4. The molecule has 7 heteroatoms. The largest absolute Gasteiger partial charge is 0.453 e. The predicted octanol–water partition coefficient (Wildman–Crippen LogP) is 2.12. The summed E-state index contributed by atoms with van der Waals surface area (Å²) in [5.74, 6) is 0.738. The number of amides is 2. The highest BCUT2D eigenvalue weighted by atomic mass is 16.6. The highest BCUT2D eigenvalue weighted by molar-refractivity contribution is 5.91. The standard InChI is InChI=1S/C16H24N2O5/c1-16(2,3)23-15(20)18-9-7-17(8-10-18)14(19)13-6-5-12(22-13)11-21-4/h5-6H,7-11H2,1-4H3. The predicted molar refractivity (Wildman–Crippen MR) is 83.1 cm³/mol. The van der Waals surface area contributed by atoms with Gasteiger partial charge in [0.15, 0.2) is 5.76 Å². The lowest BCUT2D eigenvalue weighted by Crippen LogP contribution is -2.51. The molecule has 2 rings (SSSR count). The number of carbonyl (C=O) groups excluding carboxylic acids is 2. The zero-order chi connectivity index (χ0) is 17.0. The molecule has 1 aromatic heterocycles. The van der Waals surface area contributed by atoms with Gasteiger partial charge in [0.05, 0.1) is 0 Å². The lowest BCUT2D eigenvalue weighted by molar-refractivity contribution is 0.0136. The molecule has 0 aliphatic carbocycles. The van der Waals surface area contributed by atoms with Crippen molar-refractivity contribution in [1.29, 1.82) is 0 Å². The average molecular weight is 324 g/mol. The van der Waals surface area contributed by atoms with Gasteiger partial charge in [0.1, 0.15) is 18.0 Å². The van der Waals surface area contributed by atoms with Gasteiger partial charge in [-0.1, -0.05) is 0 Å². The molecule has 1 aliphatic rings. The van der Waals surface area contributed by atoms with Gasteiger partial charge in [-0.15, -0.1) is 0 Å². The SMILES string of the molecule is COCc1ccc(C(=O)N2CCN(C(=O)OC(C)(C)C)CC2)o1. The van der Waals surface area contributed by atoms with E-state index in [2.05, 4.69) is 0 Å². The van der Waals surface area contributed by atoms with Crippen LogP contribution in [0.4, 0.5) is 4.79 Å². The Morgan fingerprint density at radius 2 is 1.74 bits per heavy atom. The first-order valence-corrected chi connectivity index (χ1v) is 7.65. The van der Waals surface area contributed by atoms with Gasteiger partial charge < -0.3 is 23.7 Å². The number of rotatable bonds is 3. The summed E-state index contributed by atoms with van der Waals surface area (Å²) in [6.07, 6.45) is -0.343. The quantitative estimate of drug-likeness (QED) is 0.851. The molecular weight excluding hydrogens is 300 g/mol. The lowest BCUT2D eigenvalue weighted by atomic mass is 10.2. The Kier molecular flexibility index (Phi) is 5.30. The van der Waals surface area contributed by atoms with Crippen LogP contribution in [0.5, 0.6) is 0 Å². The van der Waals surface area contributed by atoms with E-state index in [1.165, 1.54) is 0 Å². The average Bonchev–Trinajstić information content (AvgIpc) is 2.94. The fourth-order valence-electron chi connectivity index (χ4n) is 2.29. The summed E-state index contributed by atoms with van der Waals surface area (Å²) in [6, 6.07) is 3.38. The molecule has 0 N–H and O–H groups in total. The lowest BCUT2D eigenvalue weighted by Gasteiger charge is -2.35. The first-order valence-electron chi connectivity index (χ1n) is 7.65. The second-order valence-corrected chi connectivity index (χ2v) is 6.46. The van der Waals surface area contributed by atoms with Crippen LogP contribution in [0.3, 0.4) is 0 Å². The number of piperazine rings is 1. The van der Waals surface area contributed by atoms with Crippen molar-refractivity contribution in [2.45, 2.75) is 33.0 Å². The van der Waals surface area contributed by atoms with E-state index in [9.17, 15) is 9.59 Å². The molecule has 0 radical (unpaired) electrons. The number of furan rings is 1. The molecule has 1 aliphatic heterocycles. The minimum Gasteiger partial charge on any atom is -0.453 e. The summed E-state index contributed by atoms with van der Waals surface area (Å²) in [5.41, 5.74) is -0.518. The first-order chi connectivity index (χ1) is 10.8. The summed E-state index contributed by atoms with van der Waals surface area (Å²) in [6.45, 7) is 7.65. The van der Waals surface area contributed by atoms with Crippen LogP contribution >= 0.6 is 0 Å². The Morgan fingerprint density at radius 3 is 2.30 bits per heavy atom. The molecule has 2 amide bonds. The third kappa shape index (κ3) is 4.72. The van der Waals surface area contributed by atoms with Crippen molar-refractivity contribution in [2.75, 3.05) is 33.3 Å². The van der Waals surface area contributed by atoms with E-state index in [1.54, 1.807) is 29.0 Å². The zero-order valence-corrected chi connectivity index (χ0v) is 14.1. The number of methoxy groups -OCH3 is 1. The molecule has 1 aromatic rings. The Balaban J connectivity index is 1.88. The topological polar surface area (TPSA) is 72.2 Å². The van der Waals surface area contributed by atoms with Crippen LogP contribution in [-0.2, 0) is 16.1 Å². The third-order valence-corrected chi connectivity index (χ3v) is 3.38. The van der Waals surface area contributed by atoms with Gasteiger partial charge in [-0.25, -0.2) is 4.79 Å². The summed E-state index contributed by atoms with van der Waals surface area (Å²) in [4.78, 5) is 27.7. The van der Waals surface area contributed by atoms with E-state index in [4.69, 9.17) is 13.9 Å².